The van der Waals surface area contributed by atoms with Crippen LogP contribution >= 0.6 is 0 Å². The van der Waals surface area contributed by atoms with Crippen LogP contribution in [0.5, 0.6) is 5.75 Å². The highest BCUT2D eigenvalue weighted by molar-refractivity contribution is 5.97. The molecular formula is C20H20O2. The van der Waals surface area contributed by atoms with E-state index in [1.165, 1.54) is 11.1 Å². The van der Waals surface area contributed by atoms with Crippen LogP contribution in [0.2, 0.25) is 0 Å². The van der Waals surface area contributed by atoms with Crippen LogP contribution in [0.1, 0.15) is 46.3 Å². The van der Waals surface area contributed by atoms with Crippen LogP contribution in [0.15, 0.2) is 48.5 Å². The third-order valence-electron chi connectivity index (χ3n) is 4.34. The molecule has 0 fully saturated rings. The molecule has 112 valence electrons. The Bertz CT molecular complexity index is 742. The highest BCUT2D eigenvalue weighted by Gasteiger charge is 2.28. The molecule has 1 aliphatic carbocycles. The lowest BCUT2D eigenvalue weighted by Gasteiger charge is -2.16. The minimum atomic E-state index is 0.0950. The number of carbonyl (C=O) groups is 1. The molecule has 2 aromatic carbocycles. The smallest absolute Gasteiger partial charge is 0.163 e. The molecule has 0 saturated heterocycles. The number of hydrogen-bond donors (Lipinski definition) is 0. The van der Waals surface area contributed by atoms with Crippen molar-refractivity contribution >= 4 is 11.4 Å². The average molecular weight is 292 g/mol. The van der Waals surface area contributed by atoms with Gasteiger partial charge in [-0.25, -0.2) is 0 Å². The predicted molar refractivity (Wildman–Crippen MR) is 89.5 cm³/mol. The number of Topliss-reactive ketones (excluding diaryl/α,β-unsaturated/α-hetero) is 1. The van der Waals surface area contributed by atoms with E-state index in [0.29, 0.717) is 6.42 Å². The molecule has 1 atom stereocenters. The van der Waals surface area contributed by atoms with Crippen LogP contribution in [0.3, 0.4) is 0 Å². The molecular weight excluding hydrogens is 272 g/mol. The molecule has 0 aliphatic heterocycles. The monoisotopic (exact) mass is 292 g/mol. The molecule has 0 N–H and O–H groups in total. The van der Waals surface area contributed by atoms with Crippen molar-refractivity contribution in [1.82, 2.24) is 0 Å². The standard InChI is InChI=1S/C20H20O2/c1-13-9-10-17-14(2)11-16(19(17)20(13)22-3)12-18(21)15-7-5-4-6-8-15/h4-11,16H,12H2,1-3H3. The Morgan fingerprint density at radius 3 is 2.50 bits per heavy atom. The number of allylic oxidation sites excluding steroid dienone is 2. The van der Waals surface area contributed by atoms with Crippen LogP contribution in [0.25, 0.3) is 5.57 Å². The maximum Gasteiger partial charge on any atom is 0.163 e. The molecule has 1 aliphatic rings. The largest absolute Gasteiger partial charge is 0.496 e. The second-order valence-corrected chi connectivity index (χ2v) is 5.83. The van der Waals surface area contributed by atoms with Gasteiger partial charge in [0.25, 0.3) is 0 Å². The van der Waals surface area contributed by atoms with Crippen molar-refractivity contribution in [3.63, 3.8) is 0 Å². The molecule has 3 rings (SSSR count). The van der Waals surface area contributed by atoms with Crippen molar-refractivity contribution in [3.8, 4) is 5.75 Å². The number of carbonyl (C=O) groups excluding carboxylic acids is 1. The SMILES string of the molecule is COc1c(C)ccc2c1C(CC(=O)c1ccccc1)C=C2C. The van der Waals surface area contributed by atoms with Crippen LogP contribution in [0, 0.1) is 6.92 Å². The number of fused-ring (bicyclic) bond motifs is 1. The Labute approximate surface area is 131 Å². The molecule has 2 heteroatoms. The molecule has 2 nitrogen and oxygen atoms in total. The van der Waals surface area contributed by atoms with E-state index in [9.17, 15) is 4.79 Å². The summed E-state index contributed by atoms with van der Waals surface area (Å²) in [5, 5.41) is 0. The number of benzene rings is 2. The van der Waals surface area contributed by atoms with E-state index in [0.717, 1.165) is 22.4 Å². The Kier molecular flexibility index (Phi) is 3.84. The zero-order valence-corrected chi connectivity index (χ0v) is 13.2. The fourth-order valence-electron chi connectivity index (χ4n) is 3.27. The second kappa shape index (κ2) is 5.80. The lowest BCUT2D eigenvalue weighted by atomic mass is 9.91. The number of hydrogen-bond acceptors (Lipinski definition) is 2. The number of methoxy groups -OCH3 is 1. The quantitative estimate of drug-likeness (QED) is 0.758. The van der Waals surface area contributed by atoms with Crippen LogP contribution < -0.4 is 4.74 Å². The number of aryl methyl sites for hydroxylation is 1. The first kappa shape index (κ1) is 14.6. The summed E-state index contributed by atoms with van der Waals surface area (Å²) in [5.41, 5.74) is 5.46. The molecule has 1 unspecified atom stereocenters. The summed E-state index contributed by atoms with van der Waals surface area (Å²) < 4.78 is 5.61. The van der Waals surface area contributed by atoms with Gasteiger partial charge >= 0.3 is 0 Å². The summed E-state index contributed by atoms with van der Waals surface area (Å²) in [6, 6.07) is 13.7. The Morgan fingerprint density at radius 1 is 1.09 bits per heavy atom. The highest BCUT2D eigenvalue weighted by Crippen LogP contribution is 2.44. The first-order valence-corrected chi connectivity index (χ1v) is 7.56. The van der Waals surface area contributed by atoms with Crippen molar-refractivity contribution in [2.75, 3.05) is 7.11 Å². The molecule has 0 spiro atoms. The summed E-state index contributed by atoms with van der Waals surface area (Å²) in [4.78, 5) is 12.5. The van der Waals surface area contributed by atoms with Crippen LogP contribution in [-0.2, 0) is 0 Å². The summed E-state index contributed by atoms with van der Waals surface area (Å²) in [6.45, 7) is 4.14. The lowest BCUT2D eigenvalue weighted by Crippen LogP contribution is -2.07. The first-order valence-electron chi connectivity index (χ1n) is 7.56. The van der Waals surface area contributed by atoms with Gasteiger partial charge in [-0.15, -0.1) is 0 Å². The van der Waals surface area contributed by atoms with Gasteiger partial charge in [-0.3, -0.25) is 4.79 Å². The van der Waals surface area contributed by atoms with E-state index >= 15 is 0 Å². The Balaban J connectivity index is 1.95. The van der Waals surface area contributed by atoms with E-state index in [1.807, 2.05) is 37.3 Å². The van der Waals surface area contributed by atoms with Gasteiger partial charge in [-0.05, 0) is 30.5 Å². The molecule has 0 bridgehead atoms. The molecule has 0 aromatic heterocycles. The number of rotatable bonds is 4. The molecule has 0 radical (unpaired) electrons. The summed E-state index contributed by atoms with van der Waals surface area (Å²) in [6.07, 6.45) is 2.67. The Morgan fingerprint density at radius 2 is 1.82 bits per heavy atom. The Hall–Kier alpha value is -2.35. The zero-order valence-electron chi connectivity index (χ0n) is 13.2. The second-order valence-electron chi connectivity index (χ2n) is 5.83. The van der Waals surface area contributed by atoms with E-state index in [1.54, 1.807) is 7.11 Å². The fourth-order valence-corrected chi connectivity index (χ4v) is 3.27. The molecule has 2 aromatic rings. The minimum absolute atomic E-state index is 0.0950. The van der Waals surface area contributed by atoms with Crippen LogP contribution in [-0.4, -0.2) is 12.9 Å². The van der Waals surface area contributed by atoms with Crippen molar-refractivity contribution in [3.05, 3.63) is 70.8 Å². The van der Waals surface area contributed by atoms with Gasteiger partial charge in [0.05, 0.1) is 7.11 Å². The predicted octanol–water partition coefficient (Wildman–Crippen LogP) is 4.78. The lowest BCUT2D eigenvalue weighted by molar-refractivity contribution is 0.0978. The zero-order chi connectivity index (χ0) is 15.7. The first-order chi connectivity index (χ1) is 10.6. The minimum Gasteiger partial charge on any atom is -0.496 e. The van der Waals surface area contributed by atoms with E-state index in [-0.39, 0.29) is 11.7 Å². The average Bonchev–Trinajstić information content (AvgIpc) is 2.84. The maximum absolute atomic E-state index is 12.5. The van der Waals surface area contributed by atoms with Gasteiger partial charge < -0.3 is 4.74 Å². The third-order valence-corrected chi connectivity index (χ3v) is 4.34. The summed E-state index contributed by atoms with van der Waals surface area (Å²) in [5.74, 6) is 1.18. The van der Waals surface area contributed by atoms with Gasteiger partial charge in [-0.1, -0.05) is 48.5 Å². The van der Waals surface area contributed by atoms with Gasteiger partial charge in [0, 0.05) is 23.5 Å². The van der Waals surface area contributed by atoms with Gasteiger partial charge in [0.15, 0.2) is 5.78 Å². The van der Waals surface area contributed by atoms with Crippen molar-refractivity contribution in [1.29, 1.82) is 0 Å². The van der Waals surface area contributed by atoms with Crippen molar-refractivity contribution < 1.29 is 9.53 Å². The van der Waals surface area contributed by atoms with Gasteiger partial charge in [0.1, 0.15) is 5.75 Å². The van der Waals surface area contributed by atoms with Crippen molar-refractivity contribution in [2.45, 2.75) is 26.2 Å². The van der Waals surface area contributed by atoms with Crippen LogP contribution in [0.4, 0.5) is 0 Å². The molecule has 22 heavy (non-hydrogen) atoms. The van der Waals surface area contributed by atoms with E-state index in [4.69, 9.17) is 4.74 Å². The normalized spacial score (nSPS) is 16.1. The van der Waals surface area contributed by atoms with Gasteiger partial charge in [0.2, 0.25) is 0 Å². The highest BCUT2D eigenvalue weighted by atomic mass is 16.5. The summed E-state index contributed by atoms with van der Waals surface area (Å²) in [7, 11) is 1.70. The summed E-state index contributed by atoms with van der Waals surface area (Å²) >= 11 is 0. The van der Waals surface area contributed by atoms with Crippen molar-refractivity contribution in [2.24, 2.45) is 0 Å². The third kappa shape index (κ3) is 2.45. The van der Waals surface area contributed by atoms with E-state index in [2.05, 4.69) is 25.1 Å². The molecule has 0 amide bonds. The maximum atomic E-state index is 12.5. The molecule has 0 saturated carbocycles. The molecule has 0 heterocycles. The topological polar surface area (TPSA) is 26.3 Å². The van der Waals surface area contributed by atoms with Gasteiger partial charge in [-0.2, -0.15) is 0 Å². The van der Waals surface area contributed by atoms with E-state index < -0.39 is 0 Å². The number of ether oxygens (including phenoxy) is 1. The fraction of sp³-hybridized carbons (Fsp3) is 0.250. The number of ketones is 1.